The Kier molecular flexibility index (Phi) is 6.18. The summed E-state index contributed by atoms with van der Waals surface area (Å²) >= 11 is 0. The van der Waals surface area contributed by atoms with Crippen LogP contribution in [0.5, 0.6) is 23.0 Å². The van der Waals surface area contributed by atoms with Gasteiger partial charge in [0.25, 0.3) is 0 Å². The predicted molar refractivity (Wildman–Crippen MR) is 101 cm³/mol. The van der Waals surface area contributed by atoms with Crippen molar-refractivity contribution in [1.29, 1.82) is 0 Å². The maximum Gasteiger partial charge on any atom is 0.129 e. The first-order valence-electron chi connectivity index (χ1n) is 8.41. The summed E-state index contributed by atoms with van der Waals surface area (Å²) in [5, 5.41) is 0. The summed E-state index contributed by atoms with van der Waals surface area (Å²) < 4.78 is 22.2. The molecule has 2 rings (SSSR count). The highest BCUT2D eigenvalue weighted by atomic mass is 16.5. The van der Waals surface area contributed by atoms with E-state index >= 15 is 0 Å². The molecule has 0 heterocycles. The minimum absolute atomic E-state index is 0.101. The highest BCUT2D eigenvalue weighted by Gasteiger charge is 2.27. The van der Waals surface area contributed by atoms with Gasteiger partial charge in [0.2, 0.25) is 0 Å². The van der Waals surface area contributed by atoms with Gasteiger partial charge < -0.3 is 18.9 Å². The van der Waals surface area contributed by atoms with Crippen LogP contribution in [0.1, 0.15) is 36.5 Å². The van der Waals surface area contributed by atoms with E-state index < -0.39 is 0 Å². The van der Waals surface area contributed by atoms with Gasteiger partial charge >= 0.3 is 0 Å². The largest absolute Gasteiger partial charge is 0.497 e. The molecular weight excluding hydrogens is 316 g/mol. The Balaban J connectivity index is 2.70. The fourth-order valence-corrected chi connectivity index (χ4v) is 3.40. The Morgan fingerprint density at radius 3 is 1.88 bits per heavy atom. The number of benzene rings is 2. The van der Waals surface area contributed by atoms with Crippen LogP contribution in [0.15, 0.2) is 30.3 Å². The minimum atomic E-state index is 0.101. The number of hydrogen-bond acceptors (Lipinski definition) is 4. The van der Waals surface area contributed by atoms with Crippen LogP contribution in [0.3, 0.4) is 0 Å². The third-order valence-electron chi connectivity index (χ3n) is 4.58. The Morgan fingerprint density at radius 1 is 0.720 bits per heavy atom. The monoisotopic (exact) mass is 344 g/mol. The van der Waals surface area contributed by atoms with Crippen LogP contribution < -0.4 is 18.9 Å². The van der Waals surface area contributed by atoms with Crippen molar-refractivity contribution in [3.63, 3.8) is 0 Å². The second-order valence-corrected chi connectivity index (χ2v) is 6.34. The van der Waals surface area contributed by atoms with Crippen molar-refractivity contribution in [2.75, 3.05) is 28.4 Å². The molecule has 1 atom stereocenters. The second kappa shape index (κ2) is 8.15. The van der Waals surface area contributed by atoms with E-state index in [0.717, 1.165) is 39.7 Å². The number of hydrogen-bond donors (Lipinski definition) is 0. The zero-order valence-corrected chi connectivity index (χ0v) is 16.2. The lowest BCUT2D eigenvalue weighted by Gasteiger charge is -2.27. The predicted octanol–water partition coefficient (Wildman–Crippen LogP) is 4.82. The van der Waals surface area contributed by atoms with E-state index in [1.807, 2.05) is 31.2 Å². The van der Waals surface area contributed by atoms with Crippen molar-refractivity contribution in [2.24, 2.45) is 5.92 Å². The smallest absolute Gasteiger partial charge is 0.129 e. The second-order valence-electron chi connectivity index (χ2n) is 6.34. The normalized spacial score (nSPS) is 12.0. The summed E-state index contributed by atoms with van der Waals surface area (Å²) in [6, 6.07) is 9.98. The molecule has 0 fully saturated rings. The van der Waals surface area contributed by atoms with Crippen molar-refractivity contribution in [1.82, 2.24) is 0 Å². The molecule has 0 aliphatic heterocycles. The Morgan fingerprint density at radius 2 is 1.36 bits per heavy atom. The van der Waals surface area contributed by atoms with Gasteiger partial charge in [-0.1, -0.05) is 19.9 Å². The maximum absolute atomic E-state index is 5.75. The first kappa shape index (κ1) is 19.0. The van der Waals surface area contributed by atoms with Crippen LogP contribution in [0.25, 0.3) is 0 Å². The topological polar surface area (TPSA) is 36.9 Å². The maximum atomic E-state index is 5.75. The molecule has 0 radical (unpaired) electrons. The van der Waals surface area contributed by atoms with Crippen LogP contribution in [0, 0.1) is 12.8 Å². The standard InChI is InChI=1S/C21H28O4/c1-13(2)20(17-12-15(22-4)8-10-19(17)24-6)16-9-11-18(23-5)14(3)21(16)25-7/h8-13,20H,1-7H3. The van der Waals surface area contributed by atoms with E-state index in [4.69, 9.17) is 18.9 Å². The van der Waals surface area contributed by atoms with Crippen molar-refractivity contribution in [3.8, 4) is 23.0 Å². The molecule has 2 aromatic rings. The van der Waals surface area contributed by atoms with Gasteiger partial charge in [-0.3, -0.25) is 0 Å². The van der Waals surface area contributed by atoms with Gasteiger partial charge in [-0.25, -0.2) is 0 Å². The molecule has 136 valence electrons. The Labute approximate surface area is 150 Å². The molecule has 0 N–H and O–H groups in total. The van der Waals surface area contributed by atoms with Gasteiger partial charge in [-0.05, 0) is 37.1 Å². The molecule has 4 nitrogen and oxygen atoms in total. The molecule has 2 aromatic carbocycles. The summed E-state index contributed by atoms with van der Waals surface area (Å²) in [7, 11) is 6.74. The Bertz CT molecular complexity index is 722. The van der Waals surface area contributed by atoms with Gasteiger partial charge in [-0.2, -0.15) is 0 Å². The SMILES string of the molecule is COc1ccc(OC)c(C(c2ccc(OC)c(C)c2OC)C(C)C)c1. The van der Waals surface area contributed by atoms with Crippen LogP contribution in [0.4, 0.5) is 0 Å². The van der Waals surface area contributed by atoms with Gasteiger partial charge in [0.15, 0.2) is 0 Å². The van der Waals surface area contributed by atoms with Crippen LogP contribution in [0.2, 0.25) is 0 Å². The molecule has 0 aliphatic rings. The molecule has 0 spiro atoms. The molecule has 4 heteroatoms. The minimum Gasteiger partial charge on any atom is -0.497 e. The van der Waals surface area contributed by atoms with Crippen molar-refractivity contribution >= 4 is 0 Å². The molecule has 25 heavy (non-hydrogen) atoms. The average Bonchev–Trinajstić information content (AvgIpc) is 2.61. The van der Waals surface area contributed by atoms with E-state index in [-0.39, 0.29) is 5.92 Å². The van der Waals surface area contributed by atoms with E-state index in [1.165, 1.54) is 0 Å². The number of ether oxygens (including phenoxy) is 4. The molecule has 0 aromatic heterocycles. The lowest BCUT2D eigenvalue weighted by Crippen LogP contribution is -2.12. The summed E-state index contributed by atoms with van der Waals surface area (Å²) in [5.74, 6) is 3.76. The molecule has 0 aliphatic carbocycles. The number of methoxy groups -OCH3 is 4. The van der Waals surface area contributed by atoms with Crippen LogP contribution >= 0.6 is 0 Å². The van der Waals surface area contributed by atoms with E-state index in [9.17, 15) is 0 Å². The highest BCUT2D eigenvalue weighted by Crippen LogP contribution is 2.45. The third-order valence-corrected chi connectivity index (χ3v) is 4.58. The summed E-state index contributed by atoms with van der Waals surface area (Å²) in [6.07, 6.45) is 0. The molecular formula is C21H28O4. The molecule has 0 bridgehead atoms. The number of rotatable bonds is 7. The zero-order chi connectivity index (χ0) is 18.6. The fourth-order valence-electron chi connectivity index (χ4n) is 3.40. The van der Waals surface area contributed by atoms with Crippen molar-refractivity contribution in [2.45, 2.75) is 26.7 Å². The molecule has 0 amide bonds. The van der Waals surface area contributed by atoms with Gasteiger partial charge in [0, 0.05) is 22.6 Å². The average molecular weight is 344 g/mol. The van der Waals surface area contributed by atoms with E-state index in [0.29, 0.717) is 5.92 Å². The van der Waals surface area contributed by atoms with Gasteiger partial charge in [0.1, 0.15) is 23.0 Å². The quantitative estimate of drug-likeness (QED) is 0.722. The van der Waals surface area contributed by atoms with Crippen molar-refractivity contribution in [3.05, 3.63) is 47.0 Å². The lowest BCUT2D eigenvalue weighted by molar-refractivity contribution is 0.375. The first-order valence-corrected chi connectivity index (χ1v) is 8.41. The van der Waals surface area contributed by atoms with E-state index in [2.05, 4.69) is 19.9 Å². The molecule has 0 saturated carbocycles. The lowest BCUT2D eigenvalue weighted by atomic mass is 9.81. The van der Waals surface area contributed by atoms with Crippen molar-refractivity contribution < 1.29 is 18.9 Å². The Hall–Kier alpha value is -2.36. The third kappa shape index (κ3) is 3.68. The van der Waals surface area contributed by atoms with E-state index in [1.54, 1.807) is 28.4 Å². The zero-order valence-electron chi connectivity index (χ0n) is 16.2. The summed E-state index contributed by atoms with van der Waals surface area (Å²) in [5.41, 5.74) is 3.19. The fraction of sp³-hybridized carbons (Fsp3) is 0.429. The summed E-state index contributed by atoms with van der Waals surface area (Å²) in [6.45, 7) is 6.41. The highest BCUT2D eigenvalue weighted by molar-refractivity contribution is 5.55. The van der Waals surface area contributed by atoms with Crippen LogP contribution in [-0.4, -0.2) is 28.4 Å². The van der Waals surface area contributed by atoms with Gasteiger partial charge in [0.05, 0.1) is 28.4 Å². The molecule has 0 saturated heterocycles. The first-order chi connectivity index (χ1) is 12.0. The van der Waals surface area contributed by atoms with Gasteiger partial charge in [-0.15, -0.1) is 0 Å². The van der Waals surface area contributed by atoms with Crippen LogP contribution in [-0.2, 0) is 0 Å². The molecule has 1 unspecified atom stereocenters. The summed E-state index contributed by atoms with van der Waals surface area (Å²) in [4.78, 5) is 0.